The molecule has 1 heterocycles. The van der Waals surface area contributed by atoms with Gasteiger partial charge in [0.05, 0.1) is 18.8 Å². The Labute approximate surface area is 246 Å². The highest BCUT2D eigenvalue weighted by molar-refractivity contribution is 5.89. The maximum Gasteiger partial charge on any atom is 0.344 e. The predicted molar refractivity (Wildman–Crippen MR) is 161 cm³/mol. The first-order valence-electron chi connectivity index (χ1n) is 14.1. The van der Waals surface area contributed by atoms with Gasteiger partial charge in [0.2, 0.25) is 0 Å². The van der Waals surface area contributed by atoms with Crippen molar-refractivity contribution >= 4 is 28.9 Å². The Morgan fingerprint density at radius 1 is 0.786 bits per heavy atom. The average Bonchev–Trinajstić information content (AvgIpc) is 2.96. The zero-order chi connectivity index (χ0) is 30.6. The van der Waals surface area contributed by atoms with Crippen LogP contribution in [0, 0.1) is 0 Å². The van der Waals surface area contributed by atoms with E-state index in [1.807, 2.05) is 18.2 Å². The van der Waals surface area contributed by atoms with Gasteiger partial charge in [0.15, 0.2) is 0 Å². The summed E-state index contributed by atoms with van der Waals surface area (Å²) in [6.45, 7) is 12.8. The van der Waals surface area contributed by atoms with E-state index in [0.717, 1.165) is 48.6 Å². The van der Waals surface area contributed by atoms with Crippen LogP contribution in [0.25, 0.3) is 22.1 Å². The van der Waals surface area contributed by atoms with E-state index in [-0.39, 0.29) is 11.5 Å². The van der Waals surface area contributed by atoms with Gasteiger partial charge >= 0.3 is 23.5 Å². The topological polar surface area (TPSA) is 109 Å². The number of unbranched alkanes of at least 4 members (excludes halogenated alkanes) is 2. The van der Waals surface area contributed by atoms with Gasteiger partial charge in [-0.05, 0) is 99.4 Å². The Kier molecular flexibility index (Phi) is 11.8. The zero-order valence-corrected chi connectivity index (χ0v) is 24.6. The standard InChI is InChI=1S/C34H38O8/c1-6-31(35)39-17-9-7-11-25-19-27-20-29(24-13-15-28(16-14-24)41-33(37)23(4)5)34(38)42-30(27)21-26(25)12-8-10-18-40-32(36)22(2)3/h13-16,19-21H,2,4,6-12,17-18H2,1,3,5H3. The van der Waals surface area contributed by atoms with E-state index < -0.39 is 17.6 Å². The highest BCUT2D eigenvalue weighted by atomic mass is 16.5. The van der Waals surface area contributed by atoms with E-state index in [1.54, 1.807) is 45.0 Å². The quantitative estimate of drug-likeness (QED) is 0.0652. The lowest BCUT2D eigenvalue weighted by atomic mass is 9.95. The molecule has 0 aliphatic heterocycles. The minimum absolute atomic E-state index is 0.210. The first kappa shape index (κ1) is 32.1. The van der Waals surface area contributed by atoms with Crippen molar-refractivity contribution < 1.29 is 33.0 Å². The number of esters is 3. The van der Waals surface area contributed by atoms with Crippen molar-refractivity contribution in [3.8, 4) is 16.9 Å². The summed E-state index contributed by atoms with van der Waals surface area (Å²) in [5, 5.41) is 0.786. The molecule has 0 bridgehead atoms. The van der Waals surface area contributed by atoms with E-state index in [4.69, 9.17) is 18.6 Å². The molecule has 1 aromatic heterocycles. The molecule has 0 spiro atoms. The van der Waals surface area contributed by atoms with Crippen molar-refractivity contribution in [3.63, 3.8) is 0 Å². The van der Waals surface area contributed by atoms with Crippen LogP contribution in [0.1, 0.15) is 64.0 Å². The van der Waals surface area contributed by atoms with Gasteiger partial charge < -0.3 is 18.6 Å². The molecule has 0 atom stereocenters. The zero-order valence-electron chi connectivity index (χ0n) is 24.6. The SMILES string of the molecule is C=C(C)C(=O)OCCCCc1cc2oc(=O)c(-c3ccc(OC(=O)C(=C)C)cc3)cc2cc1CCCCOC(=O)CC. The van der Waals surface area contributed by atoms with Crippen LogP contribution in [0.15, 0.2) is 76.0 Å². The molecule has 8 nitrogen and oxygen atoms in total. The molecule has 0 saturated heterocycles. The third-order valence-corrected chi connectivity index (χ3v) is 6.59. The Hall–Kier alpha value is -4.46. The molecule has 0 unspecified atom stereocenters. The lowest BCUT2D eigenvalue weighted by molar-refractivity contribution is -0.143. The third-order valence-electron chi connectivity index (χ3n) is 6.59. The van der Waals surface area contributed by atoms with Gasteiger partial charge in [-0.2, -0.15) is 0 Å². The van der Waals surface area contributed by atoms with Crippen LogP contribution in [0.5, 0.6) is 5.75 Å². The van der Waals surface area contributed by atoms with E-state index in [9.17, 15) is 19.2 Å². The molecule has 3 rings (SSSR count). The molecule has 42 heavy (non-hydrogen) atoms. The van der Waals surface area contributed by atoms with Crippen LogP contribution >= 0.6 is 0 Å². The Morgan fingerprint density at radius 3 is 1.98 bits per heavy atom. The maximum absolute atomic E-state index is 13.0. The van der Waals surface area contributed by atoms with Gasteiger partial charge in [0, 0.05) is 23.0 Å². The van der Waals surface area contributed by atoms with Crippen molar-refractivity contribution in [1.29, 1.82) is 0 Å². The van der Waals surface area contributed by atoms with Gasteiger partial charge in [-0.1, -0.05) is 32.2 Å². The second kappa shape index (κ2) is 15.5. The number of hydrogen-bond acceptors (Lipinski definition) is 8. The minimum Gasteiger partial charge on any atom is -0.466 e. The van der Waals surface area contributed by atoms with E-state index >= 15 is 0 Å². The number of carbonyl (C=O) groups excluding carboxylic acids is 3. The normalized spacial score (nSPS) is 10.7. The number of benzene rings is 2. The summed E-state index contributed by atoms with van der Waals surface area (Å²) < 4.78 is 21.4. The second-order valence-electron chi connectivity index (χ2n) is 10.2. The van der Waals surface area contributed by atoms with Crippen LogP contribution in [0.3, 0.4) is 0 Å². The summed E-state index contributed by atoms with van der Waals surface area (Å²) in [6.07, 6.45) is 4.85. The fraction of sp³-hybridized carbons (Fsp3) is 0.353. The Bertz CT molecular complexity index is 1510. The number of aryl methyl sites for hydroxylation is 2. The molecule has 0 N–H and O–H groups in total. The van der Waals surface area contributed by atoms with Crippen LogP contribution in [-0.2, 0) is 36.7 Å². The van der Waals surface area contributed by atoms with Crippen LogP contribution in [0.2, 0.25) is 0 Å². The average molecular weight is 575 g/mol. The Morgan fingerprint density at radius 2 is 1.38 bits per heavy atom. The van der Waals surface area contributed by atoms with Crippen molar-refractivity contribution in [2.75, 3.05) is 13.2 Å². The highest BCUT2D eigenvalue weighted by Gasteiger charge is 2.13. The fourth-order valence-electron chi connectivity index (χ4n) is 4.23. The summed E-state index contributed by atoms with van der Waals surface area (Å²) in [7, 11) is 0. The van der Waals surface area contributed by atoms with Crippen molar-refractivity contribution in [1.82, 2.24) is 0 Å². The van der Waals surface area contributed by atoms with Crippen molar-refractivity contribution in [2.45, 2.75) is 65.7 Å². The number of hydrogen-bond donors (Lipinski definition) is 0. The molecular weight excluding hydrogens is 536 g/mol. The Balaban J connectivity index is 1.81. The van der Waals surface area contributed by atoms with Crippen LogP contribution in [-0.4, -0.2) is 31.1 Å². The lowest BCUT2D eigenvalue weighted by Crippen LogP contribution is -2.08. The first-order valence-corrected chi connectivity index (χ1v) is 14.1. The number of fused-ring (bicyclic) bond motifs is 1. The highest BCUT2D eigenvalue weighted by Crippen LogP contribution is 2.27. The van der Waals surface area contributed by atoms with E-state index in [0.29, 0.717) is 54.1 Å². The molecule has 8 heteroatoms. The lowest BCUT2D eigenvalue weighted by Gasteiger charge is -2.13. The molecule has 222 valence electrons. The van der Waals surface area contributed by atoms with Gasteiger partial charge in [-0.15, -0.1) is 0 Å². The smallest absolute Gasteiger partial charge is 0.344 e. The van der Waals surface area contributed by atoms with Gasteiger partial charge in [0.25, 0.3) is 0 Å². The summed E-state index contributed by atoms with van der Waals surface area (Å²) >= 11 is 0. The van der Waals surface area contributed by atoms with Crippen LogP contribution < -0.4 is 10.4 Å². The number of carbonyl (C=O) groups is 3. The maximum atomic E-state index is 13.0. The summed E-state index contributed by atoms with van der Waals surface area (Å²) in [5.41, 5.74) is 3.87. The number of rotatable bonds is 15. The van der Waals surface area contributed by atoms with Crippen LogP contribution in [0.4, 0.5) is 0 Å². The van der Waals surface area contributed by atoms with Gasteiger partial charge in [-0.25, -0.2) is 14.4 Å². The molecule has 0 amide bonds. The van der Waals surface area contributed by atoms with Gasteiger partial charge in [-0.3, -0.25) is 4.79 Å². The summed E-state index contributed by atoms with van der Waals surface area (Å²) in [6, 6.07) is 12.4. The predicted octanol–water partition coefficient (Wildman–Crippen LogP) is 6.66. The number of ether oxygens (including phenoxy) is 3. The van der Waals surface area contributed by atoms with Gasteiger partial charge in [0.1, 0.15) is 11.3 Å². The van der Waals surface area contributed by atoms with E-state index in [2.05, 4.69) is 13.2 Å². The molecule has 0 saturated carbocycles. The van der Waals surface area contributed by atoms with Crippen molar-refractivity contribution in [3.05, 3.63) is 88.3 Å². The molecule has 2 aromatic carbocycles. The molecule has 0 aliphatic rings. The molecule has 0 radical (unpaired) electrons. The van der Waals surface area contributed by atoms with Crippen molar-refractivity contribution in [2.24, 2.45) is 0 Å². The molecule has 3 aromatic rings. The fourth-order valence-corrected chi connectivity index (χ4v) is 4.23. The second-order valence-corrected chi connectivity index (χ2v) is 10.2. The van der Waals surface area contributed by atoms with E-state index in [1.165, 1.54) is 0 Å². The molecule has 0 fully saturated rings. The monoisotopic (exact) mass is 574 g/mol. The molecule has 0 aliphatic carbocycles. The summed E-state index contributed by atoms with van der Waals surface area (Å²) in [4.78, 5) is 47.8. The first-order chi connectivity index (χ1) is 20.1. The molecular formula is C34H38O8. The summed E-state index contributed by atoms with van der Waals surface area (Å²) in [5.74, 6) is -0.779. The third kappa shape index (κ3) is 9.29. The minimum atomic E-state index is -0.521. The largest absolute Gasteiger partial charge is 0.466 e.